The standard InChI is InChI=1S/C20H15ClN4O3/c1-27-15-6-8-16-12(10-15)5-7-17(23-16)20(26)22-11-18-24-19(25-28-18)13-3-2-4-14(21)9-13/h2-10H,11H2,1H3,(H,22,26). The maximum atomic E-state index is 12.4. The third-order valence-corrected chi connectivity index (χ3v) is 4.32. The lowest BCUT2D eigenvalue weighted by Gasteiger charge is -2.05. The lowest BCUT2D eigenvalue weighted by atomic mass is 10.2. The van der Waals surface area contributed by atoms with Crippen molar-refractivity contribution < 1.29 is 14.1 Å². The van der Waals surface area contributed by atoms with E-state index >= 15 is 0 Å². The van der Waals surface area contributed by atoms with E-state index < -0.39 is 0 Å². The molecule has 8 heteroatoms. The molecule has 0 spiro atoms. The van der Waals surface area contributed by atoms with Crippen molar-refractivity contribution in [1.82, 2.24) is 20.4 Å². The molecule has 2 aromatic heterocycles. The van der Waals surface area contributed by atoms with Crippen LogP contribution in [0.15, 0.2) is 59.1 Å². The van der Waals surface area contributed by atoms with E-state index in [1.165, 1.54) is 0 Å². The summed E-state index contributed by atoms with van der Waals surface area (Å²) in [6, 6.07) is 16.1. The molecule has 2 heterocycles. The quantitative estimate of drug-likeness (QED) is 0.552. The molecule has 0 saturated heterocycles. The average Bonchev–Trinajstić information content (AvgIpc) is 3.20. The predicted octanol–water partition coefficient (Wildman–Crippen LogP) is 3.88. The second kappa shape index (κ2) is 7.66. The van der Waals surface area contributed by atoms with Crippen LogP contribution in [0.2, 0.25) is 5.02 Å². The molecule has 4 aromatic rings. The SMILES string of the molecule is COc1ccc2nc(C(=O)NCc3nc(-c4cccc(Cl)c4)no3)ccc2c1. The molecule has 0 bridgehead atoms. The van der Waals surface area contributed by atoms with Crippen LogP contribution in [0.4, 0.5) is 0 Å². The van der Waals surface area contributed by atoms with Crippen LogP contribution in [0, 0.1) is 0 Å². The highest BCUT2D eigenvalue weighted by molar-refractivity contribution is 6.30. The zero-order chi connectivity index (χ0) is 19.5. The Morgan fingerprint density at radius 2 is 2.04 bits per heavy atom. The van der Waals surface area contributed by atoms with Crippen LogP contribution in [-0.2, 0) is 6.54 Å². The van der Waals surface area contributed by atoms with Crippen LogP contribution in [0.1, 0.15) is 16.4 Å². The van der Waals surface area contributed by atoms with Crippen LogP contribution in [0.25, 0.3) is 22.3 Å². The third kappa shape index (κ3) is 3.79. The second-order valence-corrected chi connectivity index (χ2v) is 6.40. The van der Waals surface area contributed by atoms with E-state index in [0.717, 1.165) is 16.7 Å². The summed E-state index contributed by atoms with van der Waals surface area (Å²) in [5.74, 6) is 1.09. The average molecular weight is 395 g/mol. The van der Waals surface area contributed by atoms with Gasteiger partial charge in [0.2, 0.25) is 11.7 Å². The smallest absolute Gasteiger partial charge is 0.270 e. The number of carbonyl (C=O) groups excluding carboxylic acids is 1. The Morgan fingerprint density at radius 1 is 1.14 bits per heavy atom. The second-order valence-electron chi connectivity index (χ2n) is 5.96. The maximum Gasteiger partial charge on any atom is 0.270 e. The fourth-order valence-corrected chi connectivity index (χ4v) is 2.87. The number of rotatable bonds is 5. The fraction of sp³-hybridized carbons (Fsp3) is 0.100. The van der Waals surface area contributed by atoms with Gasteiger partial charge in [-0.15, -0.1) is 0 Å². The Hall–Kier alpha value is -3.45. The molecule has 0 aliphatic carbocycles. The van der Waals surface area contributed by atoms with Crippen molar-refractivity contribution in [2.75, 3.05) is 7.11 Å². The molecule has 7 nitrogen and oxygen atoms in total. The molecule has 0 saturated carbocycles. The molecule has 0 unspecified atom stereocenters. The minimum absolute atomic E-state index is 0.0920. The van der Waals surface area contributed by atoms with Gasteiger partial charge in [0.25, 0.3) is 5.91 Å². The summed E-state index contributed by atoms with van der Waals surface area (Å²) in [4.78, 5) is 21.0. The van der Waals surface area contributed by atoms with Crippen LogP contribution in [-0.4, -0.2) is 28.1 Å². The molecule has 0 aliphatic rings. The number of carbonyl (C=O) groups is 1. The highest BCUT2D eigenvalue weighted by atomic mass is 35.5. The molecule has 0 aliphatic heterocycles. The van der Waals surface area contributed by atoms with Gasteiger partial charge in [0.1, 0.15) is 11.4 Å². The number of halogens is 1. The van der Waals surface area contributed by atoms with Crippen molar-refractivity contribution in [1.29, 1.82) is 0 Å². The van der Waals surface area contributed by atoms with Crippen molar-refractivity contribution in [2.45, 2.75) is 6.54 Å². The normalized spacial score (nSPS) is 10.8. The first-order valence-corrected chi connectivity index (χ1v) is 8.82. The lowest BCUT2D eigenvalue weighted by Crippen LogP contribution is -2.23. The van der Waals surface area contributed by atoms with E-state index in [0.29, 0.717) is 22.1 Å². The number of fused-ring (bicyclic) bond motifs is 1. The molecule has 2 aromatic carbocycles. The highest BCUT2D eigenvalue weighted by Gasteiger charge is 2.12. The van der Waals surface area contributed by atoms with E-state index in [1.807, 2.05) is 18.2 Å². The summed E-state index contributed by atoms with van der Waals surface area (Å²) in [6.45, 7) is 0.0920. The molecule has 28 heavy (non-hydrogen) atoms. The van der Waals surface area contributed by atoms with Crippen molar-refractivity contribution >= 4 is 28.4 Å². The molecule has 1 amide bonds. The number of benzene rings is 2. The van der Waals surface area contributed by atoms with Crippen molar-refractivity contribution in [2.24, 2.45) is 0 Å². The highest BCUT2D eigenvalue weighted by Crippen LogP contribution is 2.21. The number of ether oxygens (including phenoxy) is 1. The largest absolute Gasteiger partial charge is 0.497 e. The summed E-state index contributed by atoms with van der Waals surface area (Å²) < 4.78 is 10.4. The Kier molecular flexibility index (Phi) is 4.90. The van der Waals surface area contributed by atoms with Crippen LogP contribution >= 0.6 is 11.6 Å². The Morgan fingerprint density at radius 3 is 2.86 bits per heavy atom. The summed E-state index contributed by atoms with van der Waals surface area (Å²) in [6.07, 6.45) is 0. The number of nitrogens with zero attached hydrogens (tertiary/aromatic N) is 3. The maximum absolute atomic E-state index is 12.4. The Labute approximate surface area is 165 Å². The van der Waals surface area contributed by atoms with Gasteiger partial charge in [-0.2, -0.15) is 4.98 Å². The number of methoxy groups -OCH3 is 1. The predicted molar refractivity (Wildman–Crippen MR) is 104 cm³/mol. The van der Waals surface area contributed by atoms with E-state index in [9.17, 15) is 4.79 Å². The number of pyridine rings is 1. The monoisotopic (exact) mass is 394 g/mol. The summed E-state index contributed by atoms with van der Waals surface area (Å²) in [5.41, 5.74) is 1.74. The molecule has 4 rings (SSSR count). The number of aromatic nitrogens is 3. The van der Waals surface area contributed by atoms with Gasteiger partial charge in [0.15, 0.2) is 0 Å². The van der Waals surface area contributed by atoms with Gasteiger partial charge in [0.05, 0.1) is 19.2 Å². The lowest BCUT2D eigenvalue weighted by molar-refractivity contribution is 0.0941. The number of nitrogens with one attached hydrogen (secondary N) is 1. The van der Waals surface area contributed by atoms with Crippen LogP contribution in [0.3, 0.4) is 0 Å². The zero-order valence-corrected chi connectivity index (χ0v) is 15.6. The summed E-state index contributed by atoms with van der Waals surface area (Å²) >= 11 is 5.97. The summed E-state index contributed by atoms with van der Waals surface area (Å²) in [7, 11) is 1.60. The Balaban J connectivity index is 1.45. The van der Waals surface area contributed by atoms with Gasteiger partial charge in [-0.3, -0.25) is 4.79 Å². The first kappa shape index (κ1) is 17.9. The number of hydrogen-bond acceptors (Lipinski definition) is 6. The fourth-order valence-electron chi connectivity index (χ4n) is 2.68. The first-order valence-electron chi connectivity index (χ1n) is 8.44. The summed E-state index contributed by atoms with van der Waals surface area (Å²) in [5, 5.41) is 8.11. The van der Waals surface area contributed by atoms with Gasteiger partial charge >= 0.3 is 0 Å². The van der Waals surface area contributed by atoms with Gasteiger partial charge in [-0.05, 0) is 36.4 Å². The van der Waals surface area contributed by atoms with Crippen LogP contribution < -0.4 is 10.1 Å². The first-order chi connectivity index (χ1) is 13.6. The van der Waals surface area contributed by atoms with E-state index in [-0.39, 0.29) is 18.3 Å². The topological polar surface area (TPSA) is 90.1 Å². The van der Waals surface area contributed by atoms with Gasteiger partial charge in [-0.25, -0.2) is 4.98 Å². The minimum Gasteiger partial charge on any atom is -0.497 e. The van der Waals surface area contributed by atoms with Gasteiger partial charge in [-0.1, -0.05) is 35.0 Å². The van der Waals surface area contributed by atoms with Crippen molar-refractivity contribution in [3.05, 3.63) is 71.2 Å². The van der Waals surface area contributed by atoms with E-state index in [2.05, 4.69) is 20.4 Å². The third-order valence-electron chi connectivity index (χ3n) is 4.08. The minimum atomic E-state index is -0.333. The van der Waals surface area contributed by atoms with Crippen molar-refractivity contribution in [3.8, 4) is 17.1 Å². The van der Waals surface area contributed by atoms with E-state index in [4.69, 9.17) is 20.9 Å². The van der Waals surface area contributed by atoms with Gasteiger partial charge in [0, 0.05) is 16.0 Å². The van der Waals surface area contributed by atoms with Crippen molar-refractivity contribution in [3.63, 3.8) is 0 Å². The van der Waals surface area contributed by atoms with Gasteiger partial charge < -0.3 is 14.6 Å². The molecular weight excluding hydrogens is 380 g/mol. The number of hydrogen-bond donors (Lipinski definition) is 1. The number of amides is 1. The molecule has 140 valence electrons. The zero-order valence-electron chi connectivity index (χ0n) is 14.8. The van der Waals surface area contributed by atoms with E-state index in [1.54, 1.807) is 43.5 Å². The molecule has 0 radical (unpaired) electrons. The van der Waals surface area contributed by atoms with Crippen LogP contribution in [0.5, 0.6) is 5.75 Å². The molecule has 1 N–H and O–H groups in total. The molecular formula is C20H15ClN4O3. The molecule has 0 fully saturated rings. The molecule has 0 atom stereocenters. The Bertz CT molecular complexity index is 1160.